The highest BCUT2D eigenvalue weighted by molar-refractivity contribution is 5.72. The second kappa shape index (κ2) is 9.79. The zero-order valence-corrected chi connectivity index (χ0v) is 20.0. The van der Waals surface area contributed by atoms with E-state index < -0.39 is 5.97 Å². The van der Waals surface area contributed by atoms with Gasteiger partial charge in [-0.2, -0.15) is 0 Å². The molecular formula is C30H29NO4. The summed E-state index contributed by atoms with van der Waals surface area (Å²) < 4.78 is 12.0. The van der Waals surface area contributed by atoms with Crippen molar-refractivity contribution >= 4 is 5.97 Å². The molecule has 5 rings (SSSR count). The number of ether oxygens (including phenoxy) is 1. The number of aryl methyl sites for hydroxylation is 2. The molecule has 2 atom stereocenters. The average Bonchev–Trinajstić information content (AvgIpc) is 3.47. The quantitative estimate of drug-likeness (QED) is 0.301. The summed E-state index contributed by atoms with van der Waals surface area (Å²) in [5.74, 6) is 1.30. The maximum atomic E-state index is 11.6. The van der Waals surface area contributed by atoms with Crippen LogP contribution >= 0.6 is 0 Å². The Labute approximate surface area is 205 Å². The third-order valence-electron chi connectivity index (χ3n) is 6.93. The van der Waals surface area contributed by atoms with Gasteiger partial charge in [0.15, 0.2) is 0 Å². The van der Waals surface area contributed by atoms with Gasteiger partial charge in [-0.25, -0.2) is 4.98 Å². The zero-order valence-electron chi connectivity index (χ0n) is 20.0. The van der Waals surface area contributed by atoms with Crippen molar-refractivity contribution in [3.05, 3.63) is 95.2 Å². The summed E-state index contributed by atoms with van der Waals surface area (Å²) in [5.41, 5.74) is 6.24. The lowest BCUT2D eigenvalue weighted by atomic mass is 9.85. The fourth-order valence-corrected chi connectivity index (χ4v) is 5.06. The first-order valence-corrected chi connectivity index (χ1v) is 12.1. The van der Waals surface area contributed by atoms with Gasteiger partial charge in [-0.15, -0.1) is 0 Å². The summed E-state index contributed by atoms with van der Waals surface area (Å²) in [6, 6.07) is 24.2. The Bertz CT molecular complexity index is 1320. The Morgan fingerprint density at radius 2 is 1.86 bits per heavy atom. The van der Waals surface area contributed by atoms with Gasteiger partial charge < -0.3 is 14.3 Å². The Balaban J connectivity index is 1.25. The van der Waals surface area contributed by atoms with E-state index in [9.17, 15) is 9.90 Å². The number of oxazole rings is 1. The molecule has 1 aliphatic rings. The van der Waals surface area contributed by atoms with Gasteiger partial charge in [0.1, 0.15) is 23.8 Å². The molecule has 35 heavy (non-hydrogen) atoms. The van der Waals surface area contributed by atoms with Crippen LogP contribution in [0, 0.1) is 12.8 Å². The molecule has 5 nitrogen and oxygen atoms in total. The van der Waals surface area contributed by atoms with Gasteiger partial charge in [0.05, 0.1) is 5.92 Å². The van der Waals surface area contributed by atoms with Crippen LogP contribution in [-0.2, 0) is 17.8 Å². The monoisotopic (exact) mass is 467 g/mol. The third kappa shape index (κ3) is 4.72. The number of carboxylic acid groups (broad SMARTS) is 1. The lowest BCUT2D eigenvalue weighted by molar-refractivity contribution is -0.142. The molecule has 5 heteroatoms. The largest absolute Gasteiger partial charge is 0.489 e. The van der Waals surface area contributed by atoms with Crippen LogP contribution in [0.25, 0.3) is 22.7 Å². The zero-order chi connectivity index (χ0) is 24.4. The van der Waals surface area contributed by atoms with Gasteiger partial charge in [0, 0.05) is 11.1 Å². The minimum Gasteiger partial charge on any atom is -0.489 e. The van der Waals surface area contributed by atoms with E-state index in [1.165, 1.54) is 5.56 Å². The molecule has 3 aromatic carbocycles. The molecular weight excluding hydrogens is 438 g/mol. The minimum atomic E-state index is -0.703. The SMILES string of the molecule is CCC(C(=O)O)C1CCc2cc(OCc3ccc(-c4nc(-c5ccccc5)oc4C)cc3)ccc21. The second-order valence-corrected chi connectivity index (χ2v) is 9.13. The predicted octanol–water partition coefficient (Wildman–Crippen LogP) is 7.04. The van der Waals surface area contributed by atoms with Gasteiger partial charge in [0.25, 0.3) is 0 Å². The van der Waals surface area contributed by atoms with Gasteiger partial charge >= 0.3 is 5.97 Å². The number of aliphatic carboxylic acids is 1. The van der Waals surface area contributed by atoms with Crippen LogP contribution in [0.15, 0.2) is 77.2 Å². The topological polar surface area (TPSA) is 72.6 Å². The maximum Gasteiger partial charge on any atom is 0.307 e. The van der Waals surface area contributed by atoms with Crippen LogP contribution in [0.3, 0.4) is 0 Å². The lowest BCUT2D eigenvalue weighted by Gasteiger charge is -2.19. The fourth-order valence-electron chi connectivity index (χ4n) is 5.06. The molecule has 4 aromatic rings. The molecule has 0 amide bonds. The van der Waals surface area contributed by atoms with Crippen molar-refractivity contribution in [1.29, 1.82) is 0 Å². The molecule has 0 saturated carbocycles. The Kier molecular flexibility index (Phi) is 6.41. The van der Waals surface area contributed by atoms with Crippen LogP contribution in [0.4, 0.5) is 0 Å². The third-order valence-corrected chi connectivity index (χ3v) is 6.93. The highest BCUT2D eigenvalue weighted by atomic mass is 16.5. The van der Waals surface area contributed by atoms with Crippen LogP contribution in [0.2, 0.25) is 0 Å². The number of carboxylic acids is 1. The normalized spacial score (nSPS) is 15.5. The number of fused-ring (bicyclic) bond motifs is 1. The molecule has 0 spiro atoms. The minimum absolute atomic E-state index is 0.0940. The highest BCUT2D eigenvalue weighted by Gasteiger charge is 2.33. The molecule has 2 unspecified atom stereocenters. The molecule has 0 radical (unpaired) electrons. The summed E-state index contributed by atoms with van der Waals surface area (Å²) >= 11 is 0. The molecule has 0 saturated heterocycles. The van der Waals surface area contributed by atoms with Crippen molar-refractivity contribution in [1.82, 2.24) is 4.98 Å². The van der Waals surface area contributed by atoms with E-state index in [1.54, 1.807) is 0 Å². The van der Waals surface area contributed by atoms with Crippen molar-refractivity contribution in [2.75, 3.05) is 0 Å². The van der Waals surface area contributed by atoms with E-state index in [1.807, 2.05) is 74.5 Å². The van der Waals surface area contributed by atoms with Gasteiger partial charge in [0.2, 0.25) is 5.89 Å². The van der Waals surface area contributed by atoms with Crippen LogP contribution in [0.5, 0.6) is 5.75 Å². The summed E-state index contributed by atoms with van der Waals surface area (Å²) in [4.78, 5) is 16.3. The van der Waals surface area contributed by atoms with Gasteiger partial charge in [-0.3, -0.25) is 4.79 Å². The Morgan fingerprint density at radius 3 is 2.57 bits per heavy atom. The van der Waals surface area contributed by atoms with Crippen molar-refractivity contribution < 1.29 is 19.1 Å². The number of nitrogens with zero attached hydrogens (tertiary/aromatic N) is 1. The van der Waals surface area contributed by atoms with Crippen molar-refractivity contribution in [2.45, 2.75) is 45.6 Å². The van der Waals surface area contributed by atoms with E-state index in [4.69, 9.17) is 14.1 Å². The molecule has 0 aliphatic heterocycles. The number of rotatable bonds is 8. The van der Waals surface area contributed by atoms with Crippen LogP contribution < -0.4 is 4.74 Å². The fraction of sp³-hybridized carbons (Fsp3) is 0.267. The highest BCUT2D eigenvalue weighted by Crippen LogP contribution is 2.41. The molecule has 178 valence electrons. The van der Waals surface area contributed by atoms with Gasteiger partial charge in [-0.05, 0) is 73.1 Å². The number of hydrogen-bond donors (Lipinski definition) is 1. The number of benzene rings is 3. The van der Waals surface area contributed by atoms with E-state index in [0.717, 1.165) is 52.3 Å². The first-order chi connectivity index (χ1) is 17.0. The Morgan fingerprint density at radius 1 is 1.09 bits per heavy atom. The van der Waals surface area contributed by atoms with E-state index >= 15 is 0 Å². The first kappa shape index (κ1) is 22.9. The van der Waals surface area contributed by atoms with Crippen molar-refractivity contribution in [3.63, 3.8) is 0 Å². The maximum absolute atomic E-state index is 11.6. The Hall–Kier alpha value is -3.86. The number of carbonyl (C=O) groups is 1. The number of aromatic nitrogens is 1. The van der Waals surface area contributed by atoms with E-state index in [-0.39, 0.29) is 11.8 Å². The van der Waals surface area contributed by atoms with Crippen molar-refractivity contribution in [2.24, 2.45) is 5.92 Å². The van der Waals surface area contributed by atoms with Crippen LogP contribution in [-0.4, -0.2) is 16.1 Å². The molecule has 1 heterocycles. The van der Waals surface area contributed by atoms with Gasteiger partial charge in [-0.1, -0.05) is 55.5 Å². The molecule has 1 aliphatic carbocycles. The average molecular weight is 468 g/mol. The van der Waals surface area contributed by atoms with E-state index in [2.05, 4.69) is 12.1 Å². The predicted molar refractivity (Wildman–Crippen MR) is 135 cm³/mol. The summed E-state index contributed by atoms with van der Waals surface area (Å²) in [6.07, 6.45) is 2.44. The first-order valence-electron chi connectivity index (χ1n) is 12.1. The number of hydrogen-bond acceptors (Lipinski definition) is 4. The summed E-state index contributed by atoms with van der Waals surface area (Å²) in [5, 5.41) is 9.55. The summed E-state index contributed by atoms with van der Waals surface area (Å²) in [7, 11) is 0. The lowest BCUT2D eigenvalue weighted by Crippen LogP contribution is -2.19. The standard InChI is InChI=1S/C30H29NO4/c1-3-25(30(32)33)27-15-13-23-17-24(14-16-26(23)27)34-18-20-9-11-21(12-10-20)28-19(2)35-29(31-28)22-7-5-4-6-8-22/h4-12,14,16-17,25,27H,3,13,15,18H2,1-2H3,(H,32,33). The van der Waals surface area contributed by atoms with Crippen LogP contribution in [0.1, 0.15) is 48.1 Å². The molecule has 0 fully saturated rings. The smallest absolute Gasteiger partial charge is 0.307 e. The van der Waals surface area contributed by atoms with E-state index in [0.29, 0.717) is 18.9 Å². The molecule has 0 bridgehead atoms. The molecule has 1 N–H and O–H groups in total. The summed E-state index contributed by atoms with van der Waals surface area (Å²) in [6.45, 7) is 4.34. The second-order valence-electron chi connectivity index (χ2n) is 9.13. The molecule has 1 aromatic heterocycles. The van der Waals surface area contributed by atoms with Crippen molar-refractivity contribution in [3.8, 4) is 28.5 Å².